The lowest BCUT2D eigenvalue weighted by atomic mass is 9.89. The van der Waals surface area contributed by atoms with Gasteiger partial charge in [-0.05, 0) is 17.5 Å². The van der Waals surface area contributed by atoms with Gasteiger partial charge in [0.25, 0.3) is 0 Å². The first kappa shape index (κ1) is 14.3. The number of hydrogen-bond acceptors (Lipinski definition) is 3. The number of methoxy groups -OCH3 is 1. The highest BCUT2D eigenvalue weighted by Crippen LogP contribution is 2.27. The lowest BCUT2D eigenvalue weighted by molar-refractivity contribution is -0.139. The molecule has 0 spiro atoms. The first-order chi connectivity index (χ1) is 8.34. The zero-order valence-electron chi connectivity index (χ0n) is 10.8. The molecule has 5 heteroatoms. The van der Waals surface area contributed by atoms with Crippen molar-refractivity contribution in [3.63, 3.8) is 0 Å². The summed E-state index contributed by atoms with van der Waals surface area (Å²) in [7, 11) is 1.50. The average Bonchev–Trinajstić information content (AvgIpc) is 2.25. The first-order valence-corrected chi connectivity index (χ1v) is 5.63. The summed E-state index contributed by atoms with van der Waals surface area (Å²) < 4.78 is 18.2. The minimum atomic E-state index is -0.854. The van der Waals surface area contributed by atoms with Crippen LogP contribution in [0.2, 0.25) is 0 Å². The zero-order valence-corrected chi connectivity index (χ0v) is 10.8. The Hall–Kier alpha value is -1.78. The third kappa shape index (κ3) is 4.24. The molecule has 0 saturated heterocycles. The molecule has 4 nitrogen and oxygen atoms in total. The summed E-state index contributed by atoms with van der Waals surface area (Å²) in [6.45, 7) is 4.08. The van der Waals surface area contributed by atoms with Crippen molar-refractivity contribution in [1.29, 1.82) is 0 Å². The molecule has 0 aromatic heterocycles. The summed E-state index contributed by atoms with van der Waals surface area (Å²) in [5, 5.41) is 11.8. The number of aliphatic carboxylic acids is 1. The number of halogens is 1. The SMILES string of the molecule is COc1ccc(F)cc1NCC(C)(C)CC(=O)O. The fourth-order valence-corrected chi connectivity index (χ4v) is 1.62. The highest BCUT2D eigenvalue weighted by molar-refractivity contribution is 5.67. The first-order valence-electron chi connectivity index (χ1n) is 5.63. The van der Waals surface area contributed by atoms with Gasteiger partial charge in [-0.1, -0.05) is 13.8 Å². The van der Waals surface area contributed by atoms with E-state index in [9.17, 15) is 9.18 Å². The molecule has 0 heterocycles. The number of carbonyl (C=O) groups is 1. The molecular weight excluding hydrogens is 237 g/mol. The fourth-order valence-electron chi connectivity index (χ4n) is 1.62. The lowest BCUT2D eigenvalue weighted by Gasteiger charge is -2.24. The zero-order chi connectivity index (χ0) is 13.8. The number of rotatable bonds is 6. The number of ether oxygens (including phenoxy) is 1. The topological polar surface area (TPSA) is 58.6 Å². The van der Waals surface area contributed by atoms with Gasteiger partial charge in [-0.2, -0.15) is 0 Å². The van der Waals surface area contributed by atoms with Crippen LogP contribution >= 0.6 is 0 Å². The van der Waals surface area contributed by atoms with Crippen molar-refractivity contribution in [2.24, 2.45) is 5.41 Å². The Morgan fingerprint density at radius 1 is 1.50 bits per heavy atom. The van der Waals surface area contributed by atoms with Crippen LogP contribution in [-0.4, -0.2) is 24.7 Å². The van der Waals surface area contributed by atoms with Crippen LogP contribution in [0.15, 0.2) is 18.2 Å². The maximum absolute atomic E-state index is 13.1. The van der Waals surface area contributed by atoms with Crippen LogP contribution in [-0.2, 0) is 4.79 Å². The van der Waals surface area contributed by atoms with Gasteiger partial charge in [-0.3, -0.25) is 4.79 Å². The molecule has 1 rings (SSSR count). The van der Waals surface area contributed by atoms with Gasteiger partial charge in [0.05, 0.1) is 19.2 Å². The van der Waals surface area contributed by atoms with Gasteiger partial charge in [0.2, 0.25) is 0 Å². The number of nitrogens with one attached hydrogen (secondary N) is 1. The molecule has 0 unspecified atom stereocenters. The molecule has 18 heavy (non-hydrogen) atoms. The van der Waals surface area contributed by atoms with E-state index in [-0.39, 0.29) is 12.2 Å². The standard InChI is InChI=1S/C13H18FNO3/c1-13(2,7-12(16)17)8-15-10-6-9(14)4-5-11(10)18-3/h4-6,15H,7-8H2,1-3H3,(H,16,17). The Labute approximate surface area is 106 Å². The maximum atomic E-state index is 13.1. The number of carboxylic acid groups (broad SMARTS) is 1. The molecule has 0 aliphatic rings. The van der Waals surface area contributed by atoms with Gasteiger partial charge in [-0.25, -0.2) is 4.39 Å². The molecule has 0 radical (unpaired) electrons. The number of carboxylic acids is 1. The van der Waals surface area contributed by atoms with E-state index in [1.807, 2.05) is 13.8 Å². The molecule has 0 fully saturated rings. The molecule has 0 saturated carbocycles. The molecule has 1 aromatic carbocycles. The third-order valence-corrected chi connectivity index (χ3v) is 2.55. The molecule has 100 valence electrons. The van der Waals surface area contributed by atoms with E-state index in [4.69, 9.17) is 9.84 Å². The summed E-state index contributed by atoms with van der Waals surface area (Å²) in [5.41, 5.74) is 0.0966. The van der Waals surface area contributed by atoms with Gasteiger partial charge < -0.3 is 15.2 Å². The van der Waals surface area contributed by atoms with Crippen molar-refractivity contribution in [1.82, 2.24) is 0 Å². The monoisotopic (exact) mass is 255 g/mol. The normalized spacial score (nSPS) is 11.1. The van der Waals surface area contributed by atoms with Crippen molar-refractivity contribution >= 4 is 11.7 Å². The third-order valence-electron chi connectivity index (χ3n) is 2.55. The molecule has 0 atom stereocenters. The summed E-state index contributed by atoms with van der Waals surface area (Å²) in [5.74, 6) is -0.690. The van der Waals surface area contributed by atoms with Crippen LogP contribution < -0.4 is 10.1 Å². The van der Waals surface area contributed by atoms with Crippen LogP contribution in [0.5, 0.6) is 5.75 Å². The molecule has 0 aliphatic carbocycles. The van der Waals surface area contributed by atoms with Crippen molar-refractivity contribution < 1.29 is 19.0 Å². The van der Waals surface area contributed by atoms with Crippen LogP contribution in [0.4, 0.5) is 10.1 Å². The largest absolute Gasteiger partial charge is 0.495 e. The Balaban J connectivity index is 2.73. The van der Waals surface area contributed by atoms with Gasteiger partial charge in [0.15, 0.2) is 0 Å². The van der Waals surface area contributed by atoms with Crippen LogP contribution in [0, 0.1) is 11.2 Å². The number of anilines is 1. The Morgan fingerprint density at radius 3 is 2.72 bits per heavy atom. The van der Waals surface area contributed by atoms with Crippen LogP contribution in [0.3, 0.4) is 0 Å². The Kier molecular flexibility index (Phi) is 4.53. The summed E-state index contributed by atoms with van der Waals surface area (Å²) in [6, 6.07) is 4.17. The van der Waals surface area contributed by atoms with E-state index in [0.717, 1.165) is 0 Å². The van der Waals surface area contributed by atoms with Gasteiger partial charge in [-0.15, -0.1) is 0 Å². The quantitative estimate of drug-likeness (QED) is 0.820. The molecule has 0 bridgehead atoms. The van der Waals surface area contributed by atoms with E-state index in [2.05, 4.69) is 5.32 Å². The van der Waals surface area contributed by atoms with Gasteiger partial charge in [0, 0.05) is 12.6 Å². The van der Waals surface area contributed by atoms with E-state index in [1.165, 1.54) is 25.3 Å². The van der Waals surface area contributed by atoms with Gasteiger partial charge >= 0.3 is 5.97 Å². The second kappa shape index (κ2) is 5.71. The highest BCUT2D eigenvalue weighted by Gasteiger charge is 2.22. The maximum Gasteiger partial charge on any atom is 0.303 e. The van der Waals surface area contributed by atoms with Crippen molar-refractivity contribution in [3.05, 3.63) is 24.0 Å². The van der Waals surface area contributed by atoms with Gasteiger partial charge in [0.1, 0.15) is 11.6 Å². The molecule has 0 aliphatic heterocycles. The molecule has 1 aromatic rings. The summed E-state index contributed by atoms with van der Waals surface area (Å²) >= 11 is 0. The smallest absolute Gasteiger partial charge is 0.303 e. The number of benzene rings is 1. The fraction of sp³-hybridized carbons (Fsp3) is 0.462. The van der Waals surface area contributed by atoms with E-state index >= 15 is 0 Å². The van der Waals surface area contributed by atoms with Crippen LogP contribution in [0.1, 0.15) is 20.3 Å². The highest BCUT2D eigenvalue weighted by atomic mass is 19.1. The van der Waals surface area contributed by atoms with Crippen molar-refractivity contribution in [3.8, 4) is 5.75 Å². The lowest BCUT2D eigenvalue weighted by Crippen LogP contribution is -2.26. The van der Waals surface area contributed by atoms with E-state index < -0.39 is 11.4 Å². The summed E-state index contributed by atoms with van der Waals surface area (Å²) in [4.78, 5) is 10.7. The summed E-state index contributed by atoms with van der Waals surface area (Å²) in [6.07, 6.45) is 0.0393. The minimum absolute atomic E-state index is 0.0393. The average molecular weight is 255 g/mol. The van der Waals surface area contributed by atoms with Crippen molar-refractivity contribution in [2.75, 3.05) is 19.0 Å². The van der Waals surface area contributed by atoms with E-state index in [0.29, 0.717) is 18.0 Å². The predicted molar refractivity (Wildman–Crippen MR) is 67.5 cm³/mol. The van der Waals surface area contributed by atoms with Crippen molar-refractivity contribution in [2.45, 2.75) is 20.3 Å². The number of hydrogen-bond donors (Lipinski definition) is 2. The molecule has 2 N–H and O–H groups in total. The second-order valence-electron chi connectivity index (χ2n) is 4.93. The molecule has 0 amide bonds. The predicted octanol–water partition coefficient (Wildman–Crippen LogP) is 2.75. The second-order valence-corrected chi connectivity index (χ2v) is 4.93. The van der Waals surface area contributed by atoms with E-state index in [1.54, 1.807) is 0 Å². The molecular formula is C13H18FNO3. The van der Waals surface area contributed by atoms with Crippen LogP contribution in [0.25, 0.3) is 0 Å². The minimum Gasteiger partial charge on any atom is -0.495 e. The Morgan fingerprint density at radius 2 is 2.17 bits per heavy atom. The Bertz CT molecular complexity index is 432.